The first-order valence-corrected chi connectivity index (χ1v) is 14.2. The van der Waals surface area contributed by atoms with E-state index in [0.29, 0.717) is 40.3 Å². The Labute approximate surface area is 241 Å². The van der Waals surface area contributed by atoms with Crippen molar-refractivity contribution in [3.8, 4) is 0 Å². The number of hydrogen-bond acceptors (Lipinski definition) is 8. The maximum atomic E-state index is 13.0. The van der Waals surface area contributed by atoms with Gasteiger partial charge in [-0.1, -0.05) is 30.4 Å². The number of allylic oxidation sites excluding steroid dienone is 1. The highest BCUT2D eigenvalue weighted by Crippen LogP contribution is 2.34. The maximum Gasteiger partial charge on any atom is 0.266 e. The molecule has 0 saturated carbocycles. The van der Waals surface area contributed by atoms with Crippen LogP contribution in [0.4, 0.5) is 0 Å². The van der Waals surface area contributed by atoms with E-state index in [2.05, 4.69) is 21.3 Å². The van der Waals surface area contributed by atoms with Gasteiger partial charge in [-0.25, -0.2) is 4.98 Å². The Morgan fingerprint density at radius 3 is 2.63 bits per heavy atom. The lowest BCUT2D eigenvalue weighted by molar-refractivity contribution is -0.136. The molecule has 6 rings (SSSR count). The van der Waals surface area contributed by atoms with Crippen LogP contribution < -0.4 is 16.6 Å². The fourth-order valence-corrected chi connectivity index (χ4v) is 6.33. The fourth-order valence-electron chi connectivity index (χ4n) is 6.12. The molecule has 2 saturated heterocycles. The lowest BCUT2D eigenvalue weighted by Crippen LogP contribution is -2.52. The minimum absolute atomic E-state index is 0.147. The summed E-state index contributed by atoms with van der Waals surface area (Å²) >= 11 is 5.26. The van der Waals surface area contributed by atoms with Gasteiger partial charge in [0, 0.05) is 25.1 Å². The summed E-state index contributed by atoms with van der Waals surface area (Å²) in [5.41, 5.74) is 9.66. The van der Waals surface area contributed by atoms with Crippen LogP contribution in [0.15, 0.2) is 59.8 Å². The van der Waals surface area contributed by atoms with E-state index in [1.165, 1.54) is 28.7 Å². The van der Waals surface area contributed by atoms with Gasteiger partial charge in [0.25, 0.3) is 11.5 Å². The molecule has 41 heavy (non-hydrogen) atoms. The van der Waals surface area contributed by atoms with E-state index in [1.807, 2.05) is 30.3 Å². The van der Waals surface area contributed by atoms with Crippen molar-refractivity contribution < 1.29 is 14.4 Å². The first-order chi connectivity index (χ1) is 19.8. The van der Waals surface area contributed by atoms with Crippen molar-refractivity contribution in [1.29, 1.82) is 0 Å². The van der Waals surface area contributed by atoms with Crippen molar-refractivity contribution in [1.82, 2.24) is 24.7 Å². The number of thiocarbonyl (C=S) groups is 1. The average Bonchev–Trinajstić information content (AvgIpc) is 3.29. The molecule has 1 unspecified atom stereocenters. The van der Waals surface area contributed by atoms with Crippen LogP contribution in [0.5, 0.6) is 0 Å². The predicted molar refractivity (Wildman–Crippen MR) is 157 cm³/mol. The quantitative estimate of drug-likeness (QED) is 0.271. The molecule has 3 N–H and O–H groups in total. The molecule has 210 valence electrons. The Bertz CT molecular complexity index is 1670. The Hall–Kier alpha value is -4.22. The molecule has 0 aliphatic carbocycles. The zero-order valence-electron chi connectivity index (χ0n) is 22.4. The van der Waals surface area contributed by atoms with Crippen molar-refractivity contribution >= 4 is 45.8 Å². The van der Waals surface area contributed by atoms with Gasteiger partial charge in [0.2, 0.25) is 11.8 Å². The van der Waals surface area contributed by atoms with Crippen molar-refractivity contribution in [3.63, 3.8) is 0 Å². The smallest absolute Gasteiger partial charge is 0.266 e. The van der Waals surface area contributed by atoms with Crippen LogP contribution in [0.1, 0.15) is 58.6 Å². The molecule has 0 radical (unpaired) electrons. The third-order valence-electron chi connectivity index (χ3n) is 8.31. The molecule has 4 heterocycles. The molecule has 0 spiro atoms. The van der Waals surface area contributed by atoms with E-state index in [9.17, 15) is 19.2 Å². The van der Waals surface area contributed by atoms with E-state index < -0.39 is 11.9 Å². The Kier molecular flexibility index (Phi) is 7.22. The number of carbonyl (C=O) groups excluding carboxylic acids is 3. The summed E-state index contributed by atoms with van der Waals surface area (Å²) in [5.74, 6) is -0.451. The second-order valence-electron chi connectivity index (χ2n) is 10.8. The zero-order valence-corrected chi connectivity index (χ0v) is 23.2. The predicted octanol–water partition coefficient (Wildman–Crippen LogP) is 2.19. The Balaban J connectivity index is 1.11. The van der Waals surface area contributed by atoms with Gasteiger partial charge in [-0.15, -0.1) is 0 Å². The van der Waals surface area contributed by atoms with Crippen molar-refractivity contribution in [2.24, 2.45) is 5.73 Å². The van der Waals surface area contributed by atoms with Crippen LogP contribution in [0.2, 0.25) is 0 Å². The SMILES string of the molecule is NC=CC(=S)n1cnc2ccc(CN3CCC(c4ccc5c(c4)CN(C4CCC(=O)NC4=O)C5=O)CC3)cc2c1=O. The molecule has 1 atom stereocenters. The van der Waals surface area contributed by atoms with Crippen molar-refractivity contribution in [2.45, 2.75) is 50.7 Å². The fraction of sp³-hybridized carbons (Fsp3) is 0.333. The van der Waals surface area contributed by atoms with Gasteiger partial charge in [-0.05, 0) is 85.4 Å². The minimum atomic E-state index is -0.604. The zero-order chi connectivity index (χ0) is 28.7. The van der Waals surface area contributed by atoms with Gasteiger partial charge in [-0.2, -0.15) is 0 Å². The summed E-state index contributed by atoms with van der Waals surface area (Å²) in [4.78, 5) is 58.6. The third kappa shape index (κ3) is 5.18. The number of nitrogens with zero attached hydrogens (tertiary/aromatic N) is 4. The van der Waals surface area contributed by atoms with Crippen LogP contribution in [-0.2, 0) is 22.7 Å². The lowest BCUT2D eigenvalue weighted by Gasteiger charge is -2.32. The van der Waals surface area contributed by atoms with Crippen molar-refractivity contribution in [2.75, 3.05) is 13.1 Å². The molecule has 2 aromatic carbocycles. The molecule has 1 aromatic heterocycles. The molecule has 11 heteroatoms. The number of likely N-dealkylation sites (tertiary alicyclic amines) is 1. The Morgan fingerprint density at radius 1 is 1.07 bits per heavy atom. The molecule has 10 nitrogen and oxygen atoms in total. The van der Waals surface area contributed by atoms with Crippen LogP contribution in [-0.4, -0.2) is 61.2 Å². The molecule has 3 aliphatic rings. The number of hydrogen-bond donors (Lipinski definition) is 2. The number of imide groups is 1. The first-order valence-electron chi connectivity index (χ1n) is 13.7. The standard InChI is InChI=1S/C30H30N6O4S/c31-10-7-27(41)36-17-32-24-4-1-18(13-23(24)30(36)40)15-34-11-8-19(9-12-34)20-2-3-22-21(14-20)16-35(29(22)39)25-5-6-26(37)33-28(25)38/h1-4,7,10,13-14,17,19,25H,5-6,8-9,11-12,15-16,31H2,(H,33,37,38). The van der Waals surface area contributed by atoms with Crippen LogP contribution in [0, 0.1) is 0 Å². The van der Waals surface area contributed by atoms with E-state index >= 15 is 0 Å². The molecule has 0 bridgehead atoms. The van der Waals surface area contributed by atoms with Crippen LogP contribution in [0.25, 0.3) is 10.9 Å². The number of amides is 3. The van der Waals surface area contributed by atoms with Gasteiger partial charge in [-0.3, -0.25) is 34.0 Å². The van der Waals surface area contributed by atoms with Gasteiger partial charge in [0.1, 0.15) is 17.4 Å². The summed E-state index contributed by atoms with van der Waals surface area (Å²) < 4.78 is 1.32. The topological polar surface area (TPSA) is 131 Å². The molecule has 3 aliphatic heterocycles. The lowest BCUT2D eigenvalue weighted by atomic mass is 9.87. The first kappa shape index (κ1) is 27.0. The number of benzene rings is 2. The normalized spacial score (nSPS) is 20.1. The number of aromatic nitrogens is 2. The highest BCUT2D eigenvalue weighted by molar-refractivity contribution is 7.80. The van der Waals surface area contributed by atoms with E-state index in [4.69, 9.17) is 18.0 Å². The van der Waals surface area contributed by atoms with Gasteiger partial charge in [0.05, 0.1) is 10.9 Å². The van der Waals surface area contributed by atoms with Gasteiger partial charge >= 0.3 is 0 Å². The second-order valence-corrected chi connectivity index (χ2v) is 11.3. The molecule has 3 amide bonds. The number of fused-ring (bicyclic) bond motifs is 2. The third-order valence-corrected chi connectivity index (χ3v) is 8.64. The molecule has 3 aromatic rings. The minimum Gasteiger partial charge on any atom is -0.405 e. The van der Waals surface area contributed by atoms with E-state index in [-0.39, 0.29) is 23.8 Å². The molecular formula is C30H30N6O4S. The van der Waals surface area contributed by atoms with Crippen molar-refractivity contribution in [3.05, 3.63) is 87.6 Å². The average molecular weight is 571 g/mol. The highest BCUT2D eigenvalue weighted by Gasteiger charge is 2.39. The summed E-state index contributed by atoms with van der Waals surface area (Å²) in [6.45, 7) is 2.93. The number of nitrogens with two attached hydrogens (primary N) is 1. The summed E-state index contributed by atoms with van der Waals surface area (Å²) in [7, 11) is 0. The summed E-state index contributed by atoms with van der Waals surface area (Å²) in [5, 5.41) is 2.87. The largest absolute Gasteiger partial charge is 0.405 e. The van der Waals surface area contributed by atoms with Gasteiger partial charge < -0.3 is 10.6 Å². The second kappa shape index (κ2) is 11.0. The Morgan fingerprint density at radius 2 is 1.88 bits per heavy atom. The highest BCUT2D eigenvalue weighted by atomic mass is 32.1. The van der Waals surface area contributed by atoms with Gasteiger partial charge in [0.15, 0.2) is 0 Å². The summed E-state index contributed by atoms with van der Waals surface area (Å²) in [6.07, 6.45) is 6.78. The number of nitrogens with one attached hydrogen (secondary N) is 1. The number of piperidine rings is 2. The monoisotopic (exact) mass is 570 g/mol. The molecular weight excluding hydrogens is 540 g/mol. The molecule has 2 fully saturated rings. The number of rotatable bonds is 5. The van der Waals surface area contributed by atoms with Crippen LogP contribution >= 0.6 is 12.2 Å². The van der Waals surface area contributed by atoms with E-state index in [1.54, 1.807) is 4.90 Å². The maximum absolute atomic E-state index is 13.0. The summed E-state index contributed by atoms with van der Waals surface area (Å²) in [6, 6.07) is 11.2. The van der Waals surface area contributed by atoms with E-state index in [0.717, 1.165) is 43.6 Å². The van der Waals surface area contributed by atoms with Crippen LogP contribution in [0.3, 0.4) is 0 Å². The number of carbonyl (C=O) groups is 3.